The molecule has 0 bridgehead atoms. The van der Waals surface area contributed by atoms with Crippen LogP contribution < -0.4 is 0 Å². The molecule has 124 heavy (non-hydrogen) atoms. The first kappa shape index (κ1) is 71.2. The molecular formula is C113H71N11. The summed E-state index contributed by atoms with van der Waals surface area (Å²) in [4.78, 5) is 36.5. The molecule has 0 N–H and O–H groups in total. The summed E-state index contributed by atoms with van der Waals surface area (Å²) in [6, 6.07) is 145. The summed E-state index contributed by atoms with van der Waals surface area (Å²) < 4.78 is 9.65. The quantitative estimate of drug-likeness (QED) is 0.101. The Morgan fingerprint density at radius 1 is 0.137 bits per heavy atom. The Morgan fingerprint density at radius 2 is 0.387 bits per heavy atom. The zero-order valence-electron chi connectivity index (χ0n) is 66.9. The van der Waals surface area contributed by atoms with E-state index in [2.05, 4.69) is 388 Å². The van der Waals surface area contributed by atoms with E-state index in [1.165, 1.54) is 32.3 Å². The van der Waals surface area contributed by atoms with Crippen LogP contribution in [0.3, 0.4) is 0 Å². The van der Waals surface area contributed by atoms with E-state index in [1.54, 1.807) is 0 Å². The van der Waals surface area contributed by atoms with Crippen LogP contribution >= 0.6 is 0 Å². The van der Waals surface area contributed by atoms with Gasteiger partial charge in [0.05, 0.1) is 89.7 Å². The van der Waals surface area contributed by atoms with Crippen molar-refractivity contribution in [1.82, 2.24) is 53.2 Å². The second-order valence-corrected chi connectivity index (χ2v) is 31.7. The van der Waals surface area contributed by atoms with Crippen LogP contribution in [-0.4, -0.2) is 53.2 Å². The molecule has 0 atom stereocenters. The number of benzene rings is 14. The zero-order valence-corrected chi connectivity index (χ0v) is 66.9. The molecule has 0 aliphatic rings. The highest BCUT2D eigenvalue weighted by Crippen LogP contribution is 2.45. The van der Waals surface area contributed by atoms with Crippen LogP contribution in [-0.2, 0) is 0 Å². The fourth-order valence-corrected chi connectivity index (χ4v) is 18.6. The molecule has 14 aromatic carbocycles. The minimum absolute atomic E-state index is 0.573. The normalized spacial score (nSPS) is 11.7. The molecular weight excluding hydrogens is 1510 g/mol. The summed E-state index contributed by atoms with van der Waals surface area (Å²) in [6.45, 7) is 0. The Morgan fingerprint density at radius 3 is 0.726 bits per heavy atom. The lowest BCUT2D eigenvalue weighted by molar-refractivity contribution is 1.12. The number of fused-ring (bicyclic) bond motifs is 12. The van der Waals surface area contributed by atoms with E-state index in [9.17, 15) is 0 Å². The molecule has 11 heteroatoms. The molecule has 0 saturated carbocycles. The monoisotopic (exact) mass is 1580 g/mol. The Hall–Kier alpha value is -16.9. The molecule has 0 fully saturated rings. The maximum atomic E-state index is 5.65. The third-order valence-corrected chi connectivity index (χ3v) is 24.3. The summed E-state index contributed by atoms with van der Waals surface area (Å²) in [5.74, 6) is 0.573. The molecule has 578 valence electrons. The Bertz CT molecular complexity index is 7980. The van der Waals surface area contributed by atoms with Crippen molar-refractivity contribution in [3.8, 4) is 146 Å². The standard InChI is InChI=1S/C113H71N11/c1-4-24-73(25-5-1)97-63-78(50-54-114-97)101-67-83(68-102(118-101)79-51-55-115-98(64-79)74-26-6-2-7-27-74)82-58-85(121-105-37-17-10-30-89(105)90-31-11-18-38-106(90)121)69-86(59-82)124-111-43-23-16-36-95(111)96-62-77(48-49-112(96)124)72-44-46-76(47-45-72)100-66-81(53-57-117-100)104-71-103(80-52-56-116-99(65-80)75-28-8-3-9-29-75)119-113(120-104)84-60-87(122-107-39-19-12-32-91(107)92-33-13-20-40-108(92)122)70-88(61-84)123-109-41-21-14-34-93(109)94-35-15-22-42-110(94)123/h1-71H. The summed E-state index contributed by atoms with van der Waals surface area (Å²) in [6.07, 6.45) is 7.55. The largest absolute Gasteiger partial charge is 0.309 e. The van der Waals surface area contributed by atoms with E-state index in [0.717, 1.165) is 196 Å². The van der Waals surface area contributed by atoms with Gasteiger partial charge >= 0.3 is 0 Å². The van der Waals surface area contributed by atoms with Crippen molar-refractivity contribution in [1.29, 1.82) is 0 Å². The van der Waals surface area contributed by atoms with E-state index in [0.29, 0.717) is 5.82 Å². The molecule has 0 radical (unpaired) electrons. The van der Waals surface area contributed by atoms with Gasteiger partial charge in [-0.15, -0.1) is 0 Å². The first-order valence-electron chi connectivity index (χ1n) is 41.8. The van der Waals surface area contributed by atoms with E-state index < -0.39 is 0 Å². The van der Waals surface area contributed by atoms with Gasteiger partial charge in [-0.25, -0.2) is 15.0 Å². The molecule has 24 aromatic rings. The van der Waals surface area contributed by atoms with Gasteiger partial charge in [0.15, 0.2) is 5.82 Å². The molecule has 10 aromatic heterocycles. The minimum atomic E-state index is 0.573. The first-order valence-corrected chi connectivity index (χ1v) is 41.8. The Kier molecular flexibility index (Phi) is 17.0. The van der Waals surface area contributed by atoms with Gasteiger partial charge in [0, 0.05) is 141 Å². The van der Waals surface area contributed by atoms with Crippen molar-refractivity contribution >= 4 is 87.2 Å². The van der Waals surface area contributed by atoms with E-state index in [1.807, 2.05) is 61.2 Å². The van der Waals surface area contributed by atoms with Crippen molar-refractivity contribution in [3.05, 3.63) is 431 Å². The highest BCUT2D eigenvalue weighted by Gasteiger charge is 2.24. The molecule has 0 saturated heterocycles. The first-order chi connectivity index (χ1) is 61.4. The van der Waals surface area contributed by atoms with Crippen LogP contribution in [0.1, 0.15) is 0 Å². The minimum Gasteiger partial charge on any atom is -0.309 e. The summed E-state index contributed by atoms with van der Waals surface area (Å²) in [5.41, 5.74) is 32.2. The Balaban J connectivity index is 0.631. The van der Waals surface area contributed by atoms with Crippen molar-refractivity contribution < 1.29 is 0 Å². The third kappa shape index (κ3) is 12.4. The number of para-hydroxylation sites is 7. The average molecular weight is 1580 g/mol. The average Bonchev–Trinajstić information content (AvgIpc) is 1.57. The SMILES string of the molecule is c1ccc(-c2cc(-c3cc(-c4cc(-n5c6ccccc6c6ccccc65)cc(-n5c6ccccc6c6cc(-c7ccc(-c8cc(-c9cc(-c%10ccnc(-c%11ccccc%11)c%10)nc(-c%10cc(-n%11c%12ccccc%12c%12ccccc%12%11)cc(-n%11c%12ccccc%12c%12ccccc%12%11)c%10)n9)ccn8)cc7)ccc65)c4)cc(-c4ccnc(-c5ccccc5)c4)n3)ccn2)cc1. The van der Waals surface area contributed by atoms with Gasteiger partial charge in [-0.2, -0.15) is 0 Å². The number of pyridine rings is 5. The molecule has 0 aliphatic heterocycles. The van der Waals surface area contributed by atoms with Crippen LogP contribution in [0, 0.1) is 0 Å². The van der Waals surface area contributed by atoms with Crippen LogP contribution in [0.2, 0.25) is 0 Å². The van der Waals surface area contributed by atoms with Crippen LogP contribution in [0.25, 0.3) is 234 Å². The maximum absolute atomic E-state index is 5.65. The third-order valence-electron chi connectivity index (χ3n) is 24.3. The smallest absolute Gasteiger partial charge is 0.160 e. The topological polar surface area (TPSA) is 110 Å². The second-order valence-electron chi connectivity index (χ2n) is 31.7. The molecule has 11 nitrogen and oxygen atoms in total. The number of hydrogen-bond donors (Lipinski definition) is 0. The van der Waals surface area contributed by atoms with Crippen LogP contribution in [0.4, 0.5) is 0 Å². The van der Waals surface area contributed by atoms with Crippen LogP contribution in [0.15, 0.2) is 431 Å². The number of rotatable bonds is 15. The fourth-order valence-electron chi connectivity index (χ4n) is 18.6. The zero-order chi connectivity index (χ0) is 81.7. The van der Waals surface area contributed by atoms with Crippen LogP contribution in [0.5, 0.6) is 0 Å². The van der Waals surface area contributed by atoms with Crippen molar-refractivity contribution in [3.63, 3.8) is 0 Å². The van der Waals surface area contributed by atoms with Gasteiger partial charge in [0.2, 0.25) is 0 Å². The fraction of sp³-hybridized carbons (Fsp3) is 0. The number of aromatic nitrogens is 11. The summed E-state index contributed by atoms with van der Waals surface area (Å²) in [7, 11) is 0. The highest BCUT2D eigenvalue weighted by molar-refractivity contribution is 6.14. The van der Waals surface area contributed by atoms with Gasteiger partial charge in [-0.05, 0) is 180 Å². The molecule has 24 rings (SSSR count). The van der Waals surface area contributed by atoms with E-state index in [-0.39, 0.29) is 0 Å². The molecule has 0 unspecified atom stereocenters. The van der Waals surface area contributed by atoms with Gasteiger partial charge in [0.25, 0.3) is 0 Å². The molecule has 0 aliphatic carbocycles. The van der Waals surface area contributed by atoms with E-state index in [4.69, 9.17) is 34.9 Å². The maximum Gasteiger partial charge on any atom is 0.160 e. The van der Waals surface area contributed by atoms with Gasteiger partial charge in [-0.1, -0.05) is 249 Å². The van der Waals surface area contributed by atoms with Gasteiger partial charge in [-0.3, -0.25) is 19.9 Å². The second kappa shape index (κ2) is 29.6. The predicted molar refractivity (Wildman–Crippen MR) is 508 cm³/mol. The summed E-state index contributed by atoms with van der Waals surface area (Å²) >= 11 is 0. The number of hydrogen-bond acceptors (Lipinski definition) is 7. The van der Waals surface area contributed by atoms with E-state index >= 15 is 0 Å². The number of nitrogens with zero attached hydrogens (tertiary/aromatic N) is 11. The molecule has 0 amide bonds. The highest BCUT2D eigenvalue weighted by atomic mass is 15.0. The predicted octanol–water partition coefficient (Wildman–Crippen LogP) is 28.2. The van der Waals surface area contributed by atoms with Gasteiger partial charge in [0.1, 0.15) is 0 Å². The van der Waals surface area contributed by atoms with Crippen molar-refractivity contribution in [2.24, 2.45) is 0 Å². The lowest BCUT2D eigenvalue weighted by Crippen LogP contribution is -2.02. The lowest BCUT2D eigenvalue weighted by Gasteiger charge is -2.17. The molecule has 0 spiro atoms. The Labute approximate surface area is 713 Å². The lowest BCUT2D eigenvalue weighted by atomic mass is 9.98. The van der Waals surface area contributed by atoms with Gasteiger partial charge < -0.3 is 18.3 Å². The summed E-state index contributed by atoms with van der Waals surface area (Å²) in [5, 5.41) is 9.36. The van der Waals surface area contributed by atoms with Crippen molar-refractivity contribution in [2.45, 2.75) is 0 Å². The molecule has 10 heterocycles. The van der Waals surface area contributed by atoms with Crippen molar-refractivity contribution in [2.75, 3.05) is 0 Å².